The van der Waals surface area contributed by atoms with Crippen LogP contribution >= 0.6 is 0 Å². The maximum atomic E-state index is 2.28. The molecule has 0 amide bonds. The second-order valence-corrected chi connectivity index (χ2v) is 8.06. The normalized spacial score (nSPS) is 10.4. The minimum absolute atomic E-state index is 0.0708. The van der Waals surface area contributed by atoms with Crippen molar-refractivity contribution in [3.63, 3.8) is 0 Å². The van der Waals surface area contributed by atoms with Gasteiger partial charge in [-0.3, -0.25) is 0 Å². The lowest BCUT2D eigenvalue weighted by Gasteiger charge is -2.26. The first-order chi connectivity index (χ1) is 12.8. The van der Waals surface area contributed by atoms with Crippen molar-refractivity contribution in [2.75, 3.05) is 0 Å². The van der Waals surface area contributed by atoms with Crippen molar-refractivity contribution in [1.29, 1.82) is 0 Å². The Morgan fingerprint density at radius 2 is 0.778 bits per heavy atom. The molecule has 2 rings (SSSR count). The Kier molecular flexibility index (Phi) is 13.7. The van der Waals surface area contributed by atoms with Gasteiger partial charge in [0.25, 0.3) is 0 Å². The van der Waals surface area contributed by atoms with Gasteiger partial charge in [0, 0.05) is 5.41 Å². The maximum Gasteiger partial charge on any atom is 0.0146 e. The molecule has 2 aromatic rings. The molecule has 0 spiro atoms. The van der Waals surface area contributed by atoms with Crippen molar-refractivity contribution in [2.45, 2.75) is 99.3 Å². The average molecular weight is 369 g/mol. The van der Waals surface area contributed by atoms with Crippen LogP contribution in [0.5, 0.6) is 0 Å². The van der Waals surface area contributed by atoms with Gasteiger partial charge in [-0.15, -0.1) is 0 Å². The third-order valence-corrected chi connectivity index (χ3v) is 4.96. The highest BCUT2D eigenvalue weighted by atomic mass is 14.3. The van der Waals surface area contributed by atoms with Gasteiger partial charge in [-0.05, 0) is 25.0 Å². The van der Waals surface area contributed by atoms with Crippen LogP contribution in [0.4, 0.5) is 0 Å². The summed E-state index contributed by atoms with van der Waals surface area (Å²) in [5.74, 6) is 0. The Morgan fingerprint density at radius 3 is 0.963 bits per heavy atom. The van der Waals surface area contributed by atoms with Gasteiger partial charge in [0.15, 0.2) is 0 Å². The molecule has 0 N–H and O–H groups in total. The van der Waals surface area contributed by atoms with E-state index in [0.717, 1.165) is 0 Å². The zero-order valence-corrected chi connectivity index (χ0v) is 19.4. The van der Waals surface area contributed by atoms with E-state index in [9.17, 15) is 0 Å². The summed E-state index contributed by atoms with van der Waals surface area (Å²) in [5, 5.41) is 0. The first kappa shape index (κ1) is 25.4. The number of rotatable bonds is 6. The fraction of sp³-hybridized carbons (Fsp3) is 0.556. The van der Waals surface area contributed by atoms with Crippen LogP contribution in [-0.2, 0) is 5.41 Å². The standard InChI is InChI=1S/C17H20.2C5H12/c1-13-5-9-15(10-6-13)17(3,4)16-11-7-14(2)8-12-16;2*1-3-5-4-2/h5-12H,1-4H3;2*3-5H2,1-2H3. The summed E-state index contributed by atoms with van der Waals surface area (Å²) in [6.07, 6.45) is 8.15. The second-order valence-electron chi connectivity index (χ2n) is 8.06. The van der Waals surface area contributed by atoms with Crippen molar-refractivity contribution in [3.05, 3.63) is 70.8 Å². The number of benzene rings is 2. The molecule has 0 aliphatic carbocycles. The molecule has 0 atom stereocenters. The lowest BCUT2D eigenvalue weighted by Crippen LogP contribution is -2.18. The van der Waals surface area contributed by atoms with Crippen molar-refractivity contribution in [2.24, 2.45) is 0 Å². The molecule has 0 radical (unpaired) electrons. The molecular weight excluding hydrogens is 324 g/mol. The van der Waals surface area contributed by atoms with Crippen LogP contribution in [0.25, 0.3) is 0 Å². The van der Waals surface area contributed by atoms with Crippen LogP contribution in [0.1, 0.15) is 102 Å². The maximum absolute atomic E-state index is 2.28. The molecule has 0 unspecified atom stereocenters. The summed E-state index contributed by atoms with van der Waals surface area (Å²) in [6.45, 7) is 17.7. The molecule has 0 aromatic heterocycles. The van der Waals surface area contributed by atoms with E-state index in [0.29, 0.717) is 0 Å². The van der Waals surface area contributed by atoms with E-state index in [1.165, 1.54) is 60.8 Å². The van der Waals surface area contributed by atoms with Gasteiger partial charge < -0.3 is 0 Å². The smallest absolute Gasteiger partial charge is 0.0146 e. The van der Waals surface area contributed by atoms with Gasteiger partial charge in [-0.1, -0.05) is 140 Å². The summed E-state index contributed by atoms with van der Waals surface area (Å²) < 4.78 is 0. The minimum atomic E-state index is 0.0708. The molecule has 0 bridgehead atoms. The van der Waals surface area contributed by atoms with E-state index in [1.807, 2.05) is 0 Å². The Hall–Kier alpha value is -1.56. The summed E-state index contributed by atoms with van der Waals surface area (Å²) in [7, 11) is 0. The van der Waals surface area contributed by atoms with Gasteiger partial charge in [-0.25, -0.2) is 0 Å². The largest absolute Gasteiger partial charge is 0.0654 e. The lowest BCUT2D eigenvalue weighted by molar-refractivity contribution is 0.640. The predicted molar refractivity (Wildman–Crippen MR) is 125 cm³/mol. The van der Waals surface area contributed by atoms with Gasteiger partial charge in [0.2, 0.25) is 0 Å². The minimum Gasteiger partial charge on any atom is -0.0654 e. The molecule has 0 heteroatoms. The Balaban J connectivity index is 0.000000563. The topological polar surface area (TPSA) is 0 Å². The summed E-state index contributed by atoms with van der Waals surface area (Å²) in [4.78, 5) is 0. The van der Waals surface area contributed by atoms with E-state index in [-0.39, 0.29) is 5.41 Å². The Labute approximate surface area is 170 Å². The third kappa shape index (κ3) is 10.4. The second kappa shape index (κ2) is 14.5. The summed E-state index contributed by atoms with van der Waals surface area (Å²) >= 11 is 0. The number of hydrogen-bond donors (Lipinski definition) is 0. The fourth-order valence-electron chi connectivity index (χ4n) is 2.81. The molecule has 27 heavy (non-hydrogen) atoms. The first-order valence-electron chi connectivity index (χ1n) is 11.0. The average Bonchev–Trinajstić information content (AvgIpc) is 2.65. The molecule has 2 aromatic carbocycles. The first-order valence-corrected chi connectivity index (χ1v) is 11.0. The van der Waals surface area contributed by atoms with E-state index in [1.54, 1.807) is 0 Å². The molecule has 0 fully saturated rings. The van der Waals surface area contributed by atoms with Crippen LogP contribution in [0.15, 0.2) is 48.5 Å². The van der Waals surface area contributed by atoms with Crippen molar-refractivity contribution >= 4 is 0 Å². The molecule has 0 aliphatic rings. The quantitative estimate of drug-likeness (QED) is 0.477. The molecule has 152 valence electrons. The Morgan fingerprint density at radius 1 is 0.519 bits per heavy atom. The van der Waals surface area contributed by atoms with Gasteiger partial charge in [-0.2, -0.15) is 0 Å². The van der Waals surface area contributed by atoms with Crippen LogP contribution in [0, 0.1) is 13.8 Å². The summed E-state index contributed by atoms with van der Waals surface area (Å²) in [6, 6.07) is 17.7. The van der Waals surface area contributed by atoms with Crippen LogP contribution in [0.3, 0.4) is 0 Å². The van der Waals surface area contributed by atoms with Crippen LogP contribution in [-0.4, -0.2) is 0 Å². The molecular formula is C27H44. The van der Waals surface area contributed by atoms with E-state index >= 15 is 0 Å². The summed E-state index contributed by atoms with van der Waals surface area (Å²) in [5.41, 5.74) is 5.43. The highest BCUT2D eigenvalue weighted by Gasteiger charge is 2.22. The van der Waals surface area contributed by atoms with Crippen LogP contribution < -0.4 is 0 Å². The van der Waals surface area contributed by atoms with Crippen LogP contribution in [0.2, 0.25) is 0 Å². The Bertz CT molecular complexity index is 515. The zero-order valence-electron chi connectivity index (χ0n) is 19.4. The van der Waals surface area contributed by atoms with E-state index in [4.69, 9.17) is 0 Å². The number of aryl methyl sites for hydroxylation is 2. The zero-order chi connectivity index (χ0) is 20.7. The SMILES string of the molecule is CCCCC.CCCCC.Cc1ccc(C(C)(C)c2ccc(C)cc2)cc1. The highest BCUT2D eigenvalue weighted by molar-refractivity contribution is 5.39. The monoisotopic (exact) mass is 368 g/mol. The van der Waals surface area contributed by atoms with Gasteiger partial charge in [0.1, 0.15) is 0 Å². The van der Waals surface area contributed by atoms with E-state index in [2.05, 4.69) is 104 Å². The number of unbranched alkanes of at least 4 members (excludes halogenated alkanes) is 4. The molecule has 0 saturated heterocycles. The van der Waals surface area contributed by atoms with Gasteiger partial charge in [0.05, 0.1) is 0 Å². The molecule has 0 heterocycles. The highest BCUT2D eigenvalue weighted by Crippen LogP contribution is 2.31. The van der Waals surface area contributed by atoms with Crippen molar-refractivity contribution in [3.8, 4) is 0 Å². The molecule has 0 saturated carbocycles. The molecule has 0 nitrogen and oxygen atoms in total. The molecule has 0 aliphatic heterocycles. The van der Waals surface area contributed by atoms with Crippen molar-refractivity contribution in [1.82, 2.24) is 0 Å². The van der Waals surface area contributed by atoms with Crippen molar-refractivity contribution < 1.29 is 0 Å². The fourth-order valence-corrected chi connectivity index (χ4v) is 2.81. The third-order valence-electron chi connectivity index (χ3n) is 4.96. The lowest BCUT2D eigenvalue weighted by atomic mass is 9.78. The van der Waals surface area contributed by atoms with Gasteiger partial charge >= 0.3 is 0 Å². The van der Waals surface area contributed by atoms with E-state index < -0.39 is 0 Å². The number of hydrogen-bond acceptors (Lipinski definition) is 0. The predicted octanol–water partition coefficient (Wildman–Crippen LogP) is 9.02.